The maximum Gasteiger partial charge on any atom is 0.0962 e. The van der Waals surface area contributed by atoms with Gasteiger partial charge in [0.25, 0.3) is 0 Å². The van der Waals surface area contributed by atoms with Crippen molar-refractivity contribution < 1.29 is 5.11 Å². The second-order valence-corrected chi connectivity index (χ2v) is 5.19. The topological polar surface area (TPSA) is 46.2 Å². The Morgan fingerprint density at radius 3 is 2.10 bits per heavy atom. The highest BCUT2D eigenvalue weighted by molar-refractivity contribution is 8.21. The van der Waals surface area contributed by atoms with E-state index in [2.05, 4.69) is 0 Å². The summed E-state index contributed by atoms with van der Waals surface area (Å²) in [5.74, 6) is 2.25. The Balaban J connectivity index is 0.000000810. The molecule has 0 aliphatic carbocycles. The van der Waals surface area contributed by atoms with Gasteiger partial charge in [-0.25, -0.2) is 0 Å². The summed E-state index contributed by atoms with van der Waals surface area (Å²) in [6.07, 6.45) is 0. The molecule has 1 aliphatic rings. The Bertz CT molecular complexity index is 91.6. The lowest BCUT2D eigenvalue weighted by molar-refractivity contribution is 0.287. The first-order chi connectivity index (χ1) is 4.33. The molecule has 3 N–H and O–H groups in total. The number of halogens is 1. The molecule has 1 saturated heterocycles. The average Bonchev–Trinajstić information content (AvgIpc) is 2.36. The summed E-state index contributed by atoms with van der Waals surface area (Å²) in [6, 6.07) is 0. The van der Waals surface area contributed by atoms with Crippen LogP contribution >= 0.6 is 35.9 Å². The smallest absolute Gasteiger partial charge is 0.0962 e. The van der Waals surface area contributed by atoms with E-state index in [-0.39, 0.29) is 23.1 Å². The van der Waals surface area contributed by atoms with Crippen molar-refractivity contribution in [3.63, 3.8) is 0 Å². The average molecular weight is 202 g/mol. The van der Waals surface area contributed by atoms with Gasteiger partial charge in [0.2, 0.25) is 0 Å². The first-order valence-electron chi connectivity index (χ1n) is 2.92. The number of thioether (sulfide) groups is 2. The van der Waals surface area contributed by atoms with E-state index in [1.54, 1.807) is 23.5 Å². The van der Waals surface area contributed by atoms with E-state index in [1.165, 1.54) is 0 Å². The molecule has 1 rings (SSSR count). The standard InChI is InChI=1S/C5H11NOS2.ClH/c6-3-5(4-7)8-1-2-9-5;/h7H,1-4,6H2;1H. The van der Waals surface area contributed by atoms with Crippen molar-refractivity contribution in [3.8, 4) is 0 Å². The van der Waals surface area contributed by atoms with Crippen molar-refractivity contribution >= 4 is 35.9 Å². The van der Waals surface area contributed by atoms with E-state index >= 15 is 0 Å². The SMILES string of the molecule is Cl.NCC1(CO)SCCS1. The predicted octanol–water partition coefficient (Wildman–Crippen LogP) is 0.535. The van der Waals surface area contributed by atoms with E-state index in [9.17, 15) is 0 Å². The fraction of sp³-hybridized carbons (Fsp3) is 1.00. The van der Waals surface area contributed by atoms with Crippen LogP contribution < -0.4 is 5.73 Å². The third kappa shape index (κ3) is 2.20. The number of rotatable bonds is 2. The lowest BCUT2D eigenvalue weighted by atomic mass is 10.4. The number of aliphatic hydroxyl groups is 1. The Morgan fingerprint density at radius 1 is 1.40 bits per heavy atom. The Labute approximate surface area is 75.7 Å². The second kappa shape index (κ2) is 4.72. The van der Waals surface area contributed by atoms with Gasteiger partial charge in [0.1, 0.15) is 0 Å². The molecule has 0 aromatic rings. The van der Waals surface area contributed by atoms with Crippen molar-refractivity contribution in [2.24, 2.45) is 5.73 Å². The normalized spacial score (nSPS) is 22.2. The molecule has 0 unspecified atom stereocenters. The number of aliphatic hydroxyl groups excluding tert-OH is 1. The summed E-state index contributed by atoms with van der Waals surface area (Å²) >= 11 is 3.56. The molecule has 0 aromatic carbocycles. The third-order valence-corrected chi connectivity index (χ3v) is 4.79. The molecule has 10 heavy (non-hydrogen) atoms. The number of nitrogens with two attached hydrogens (primary N) is 1. The maximum atomic E-state index is 8.89. The lowest BCUT2D eigenvalue weighted by Crippen LogP contribution is -2.32. The Morgan fingerprint density at radius 2 is 1.90 bits per heavy atom. The fourth-order valence-electron chi connectivity index (χ4n) is 0.771. The molecule has 0 saturated carbocycles. The van der Waals surface area contributed by atoms with Gasteiger partial charge in [-0.3, -0.25) is 0 Å². The summed E-state index contributed by atoms with van der Waals surface area (Å²) in [5, 5.41) is 8.89. The number of hydrogen-bond acceptors (Lipinski definition) is 4. The minimum absolute atomic E-state index is 0. The molecule has 1 heterocycles. The maximum absolute atomic E-state index is 8.89. The van der Waals surface area contributed by atoms with E-state index < -0.39 is 0 Å². The van der Waals surface area contributed by atoms with Crippen LogP contribution in [0, 0.1) is 0 Å². The van der Waals surface area contributed by atoms with Crippen LogP contribution in [0.5, 0.6) is 0 Å². The molecule has 2 nitrogen and oxygen atoms in total. The van der Waals surface area contributed by atoms with E-state index in [0.29, 0.717) is 6.54 Å². The predicted molar refractivity (Wildman–Crippen MR) is 51.0 cm³/mol. The van der Waals surface area contributed by atoms with Crippen molar-refractivity contribution in [1.82, 2.24) is 0 Å². The van der Waals surface area contributed by atoms with Crippen LogP contribution in [0.25, 0.3) is 0 Å². The van der Waals surface area contributed by atoms with Crippen molar-refractivity contribution in [2.75, 3.05) is 24.7 Å². The quantitative estimate of drug-likeness (QED) is 0.685. The molecule has 0 radical (unpaired) electrons. The molecule has 0 amide bonds. The first kappa shape index (κ1) is 10.9. The van der Waals surface area contributed by atoms with Crippen LogP contribution in [0.15, 0.2) is 0 Å². The van der Waals surface area contributed by atoms with Crippen LogP contribution in [-0.4, -0.2) is 33.8 Å². The van der Waals surface area contributed by atoms with Crippen molar-refractivity contribution in [1.29, 1.82) is 0 Å². The van der Waals surface area contributed by atoms with Crippen LogP contribution in [0.2, 0.25) is 0 Å². The highest BCUT2D eigenvalue weighted by atomic mass is 35.5. The first-order valence-corrected chi connectivity index (χ1v) is 4.89. The molecule has 0 atom stereocenters. The van der Waals surface area contributed by atoms with Crippen LogP contribution in [0.4, 0.5) is 0 Å². The van der Waals surface area contributed by atoms with Gasteiger partial charge in [-0.15, -0.1) is 35.9 Å². The summed E-state index contributed by atoms with van der Waals surface area (Å²) in [5.41, 5.74) is 5.48. The summed E-state index contributed by atoms with van der Waals surface area (Å²) < 4.78 is -0.0556. The van der Waals surface area contributed by atoms with Crippen LogP contribution in [-0.2, 0) is 0 Å². The van der Waals surface area contributed by atoms with Gasteiger partial charge in [0.15, 0.2) is 0 Å². The molecule has 1 fully saturated rings. The van der Waals surface area contributed by atoms with Crippen LogP contribution in [0.1, 0.15) is 0 Å². The molecule has 0 aromatic heterocycles. The van der Waals surface area contributed by atoms with Gasteiger partial charge in [-0.2, -0.15) is 0 Å². The summed E-state index contributed by atoms with van der Waals surface area (Å²) in [6.45, 7) is 0.789. The third-order valence-electron chi connectivity index (χ3n) is 1.37. The van der Waals surface area contributed by atoms with Crippen molar-refractivity contribution in [2.45, 2.75) is 4.08 Å². The highest BCUT2D eigenvalue weighted by Crippen LogP contribution is 2.42. The second-order valence-electron chi connectivity index (χ2n) is 1.97. The van der Waals surface area contributed by atoms with Crippen LogP contribution in [0.3, 0.4) is 0 Å². The minimum Gasteiger partial charge on any atom is -0.394 e. The minimum atomic E-state index is -0.0556. The Hall–Kier alpha value is 0.910. The van der Waals surface area contributed by atoms with E-state index in [1.807, 2.05) is 0 Å². The van der Waals surface area contributed by atoms with Gasteiger partial charge in [-0.05, 0) is 0 Å². The van der Waals surface area contributed by atoms with Gasteiger partial charge in [0.05, 0.1) is 10.7 Å². The largest absolute Gasteiger partial charge is 0.394 e. The van der Waals surface area contributed by atoms with Gasteiger partial charge in [0, 0.05) is 18.1 Å². The fourth-order valence-corrected chi connectivity index (χ4v) is 3.43. The molecule has 1 aliphatic heterocycles. The van der Waals surface area contributed by atoms with Gasteiger partial charge in [-0.1, -0.05) is 0 Å². The molecule has 0 spiro atoms. The Kier molecular flexibility index (Phi) is 5.15. The highest BCUT2D eigenvalue weighted by Gasteiger charge is 2.33. The zero-order valence-electron chi connectivity index (χ0n) is 5.58. The number of hydrogen-bond donors (Lipinski definition) is 2. The van der Waals surface area contributed by atoms with E-state index in [0.717, 1.165) is 11.5 Å². The van der Waals surface area contributed by atoms with E-state index in [4.69, 9.17) is 10.8 Å². The monoisotopic (exact) mass is 201 g/mol. The molecular formula is C5H12ClNOS2. The molecule has 62 valence electrons. The zero-order valence-corrected chi connectivity index (χ0v) is 8.03. The van der Waals surface area contributed by atoms with Crippen molar-refractivity contribution in [3.05, 3.63) is 0 Å². The lowest BCUT2D eigenvalue weighted by Gasteiger charge is -2.21. The van der Waals surface area contributed by atoms with Gasteiger partial charge < -0.3 is 10.8 Å². The summed E-state index contributed by atoms with van der Waals surface area (Å²) in [4.78, 5) is 0. The zero-order chi connectivity index (χ0) is 6.74. The van der Waals surface area contributed by atoms with Gasteiger partial charge >= 0.3 is 0 Å². The molecule has 5 heteroatoms. The molecule has 0 bridgehead atoms. The summed E-state index contributed by atoms with van der Waals surface area (Å²) in [7, 11) is 0. The molecular weight excluding hydrogens is 190 g/mol.